The van der Waals surface area contributed by atoms with Gasteiger partial charge in [0.05, 0.1) is 6.61 Å². The van der Waals surface area contributed by atoms with Crippen molar-refractivity contribution < 1.29 is 19.0 Å². The van der Waals surface area contributed by atoms with Gasteiger partial charge in [-0.15, -0.1) is 0 Å². The summed E-state index contributed by atoms with van der Waals surface area (Å²) in [6, 6.07) is 0.691. The fraction of sp³-hybridized carbons (Fsp3) is 0.143. The molecule has 12 heavy (non-hydrogen) atoms. The Morgan fingerprint density at radius 3 is 2.50 bits per heavy atom. The van der Waals surface area contributed by atoms with Crippen molar-refractivity contribution in [2.45, 2.75) is 6.61 Å². The Kier molecular flexibility index (Phi) is 2.49. The van der Waals surface area contributed by atoms with Crippen LogP contribution in [0.4, 0.5) is 8.78 Å². The molecule has 5 heteroatoms. The van der Waals surface area contributed by atoms with Gasteiger partial charge in [0.2, 0.25) is 0 Å². The molecule has 0 bridgehead atoms. The first-order valence-electron chi connectivity index (χ1n) is 3.04. The van der Waals surface area contributed by atoms with Crippen molar-refractivity contribution in [1.29, 1.82) is 0 Å². The second kappa shape index (κ2) is 3.25. The van der Waals surface area contributed by atoms with Crippen molar-refractivity contribution in [2.75, 3.05) is 0 Å². The summed E-state index contributed by atoms with van der Waals surface area (Å²) in [5, 5.41) is 16.8. The van der Waals surface area contributed by atoms with Crippen molar-refractivity contribution in [3.05, 3.63) is 28.3 Å². The average Bonchev–Trinajstić information content (AvgIpc) is 2.08. The Balaban J connectivity index is 3.39. The smallest absolute Gasteiger partial charge is 0.181 e. The number of hydrogen-bond acceptors (Lipinski definition) is 2. The van der Waals surface area contributed by atoms with Gasteiger partial charge in [-0.05, 0) is 6.07 Å². The molecule has 0 aromatic heterocycles. The van der Waals surface area contributed by atoms with Crippen LogP contribution in [0.1, 0.15) is 5.56 Å². The molecule has 0 heterocycles. The molecule has 2 N–H and O–H groups in total. The largest absolute Gasteiger partial charge is 0.506 e. The molecule has 0 atom stereocenters. The number of aliphatic hydroxyl groups excluding tert-OH is 1. The first-order valence-corrected chi connectivity index (χ1v) is 3.42. The Hall–Kier alpha value is -0.870. The molecular weight excluding hydrogens is 190 g/mol. The van der Waals surface area contributed by atoms with E-state index in [1.165, 1.54) is 0 Å². The lowest BCUT2D eigenvalue weighted by molar-refractivity contribution is 0.274. The summed E-state index contributed by atoms with van der Waals surface area (Å²) in [4.78, 5) is 0. The van der Waals surface area contributed by atoms with E-state index in [4.69, 9.17) is 21.8 Å². The fourth-order valence-electron chi connectivity index (χ4n) is 0.755. The highest BCUT2D eigenvalue weighted by Gasteiger charge is 2.15. The second-order valence-electron chi connectivity index (χ2n) is 2.15. The Labute approximate surface area is 72.0 Å². The van der Waals surface area contributed by atoms with Crippen molar-refractivity contribution in [2.24, 2.45) is 0 Å². The highest BCUT2D eigenvalue weighted by Crippen LogP contribution is 2.31. The molecule has 0 aliphatic rings. The summed E-state index contributed by atoms with van der Waals surface area (Å²) in [5.74, 6) is -3.13. The van der Waals surface area contributed by atoms with E-state index in [0.717, 1.165) is 0 Å². The molecular formula is C7H5ClF2O2. The van der Waals surface area contributed by atoms with E-state index in [0.29, 0.717) is 6.07 Å². The van der Waals surface area contributed by atoms with E-state index in [2.05, 4.69) is 0 Å². The summed E-state index contributed by atoms with van der Waals surface area (Å²) < 4.78 is 25.1. The summed E-state index contributed by atoms with van der Waals surface area (Å²) in [5.41, 5.74) is -0.140. The minimum atomic E-state index is -1.31. The topological polar surface area (TPSA) is 40.5 Å². The highest BCUT2D eigenvalue weighted by molar-refractivity contribution is 6.32. The minimum Gasteiger partial charge on any atom is -0.506 e. The van der Waals surface area contributed by atoms with Gasteiger partial charge < -0.3 is 10.2 Å². The van der Waals surface area contributed by atoms with E-state index in [1.54, 1.807) is 0 Å². The molecule has 66 valence electrons. The number of aliphatic hydroxyl groups is 1. The third-order valence-corrected chi connectivity index (χ3v) is 1.73. The molecule has 2 nitrogen and oxygen atoms in total. The molecule has 0 aliphatic carbocycles. The molecule has 0 saturated heterocycles. The van der Waals surface area contributed by atoms with E-state index in [9.17, 15) is 8.78 Å². The van der Waals surface area contributed by atoms with Gasteiger partial charge in [0, 0.05) is 5.56 Å². The summed E-state index contributed by atoms with van der Waals surface area (Å²) >= 11 is 5.19. The van der Waals surface area contributed by atoms with Gasteiger partial charge in [-0.2, -0.15) is 0 Å². The molecule has 0 amide bonds. The van der Waals surface area contributed by atoms with Gasteiger partial charge in [-0.3, -0.25) is 0 Å². The van der Waals surface area contributed by atoms with Gasteiger partial charge in [-0.1, -0.05) is 11.6 Å². The number of phenols is 1. The summed E-state index contributed by atoms with van der Waals surface area (Å²) in [6.45, 7) is -0.594. The fourth-order valence-corrected chi connectivity index (χ4v) is 0.967. The number of rotatable bonds is 1. The first kappa shape index (κ1) is 9.22. The zero-order valence-corrected chi connectivity index (χ0v) is 6.57. The maximum absolute atomic E-state index is 12.6. The Morgan fingerprint density at radius 2 is 2.00 bits per heavy atom. The molecule has 0 aliphatic heterocycles. The van der Waals surface area contributed by atoms with Gasteiger partial charge in [-0.25, -0.2) is 8.78 Å². The van der Waals surface area contributed by atoms with Crippen LogP contribution in [0.2, 0.25) is 5.02 Å². The first-order chi connectivity index (χ1) is 5.57. The molecule has 0 saturated carbocycles. The summed E-state index contributed by atoms with van der Waals surface area (Å²) in [7, 11) is 0. The maximum Gasteiger partial charge on any atom is 0.181 e. The average molecular weight is 195 g/mol. The number of benzene rings is 1. The maximum atomic E-state index is 12.6. The van der Waals surface area contributed by atoms with Crippen LogP contribution in [0.5, 0.6) is 5.75 Å². The quantitative estimate of drug-likeness (QED) is 0.670. The Bertz CT molecular complexity index is 315. The number of hydrogen-bond donors (Lipinski definition) is 2. The number of halogens is 3. The molecule has 0 unspecified atom stereocenters. The van der Waals surface area contributed by atoms with Crippen LogP contribution in [0.15, 0.2) is 6.07 Å². The summed E-state index contributed by atoms with van der Waals surface area (Å²) in [6.07, 6.45) is 0. The van der Waals surface area contributed by atoms with E-state index in [-0.39, 0.29) is 5.56 Å². The van der Waals surface area contributed by atoms with Crippen LogP contribution in [0.3, 0.4) is 0 Å². The number of aromatic hydroxyl groups is 1. The van der Waals surface area contributed by atoms with Crippen LogP contribution in [0.25, 0.3) is 0 Å². The van der Waals surface area contributed by atoms with Crippen LogP contribution < -0.4 is 0 Å². The third kappa shape index (κ3) is 1.35. The molecule has 0 spiro atoms. The SMILES string of the molecule is OCc1cc(F)c(F)c(Cl)c1O. The van der Waals surface area contributed by atoms with Gasteiger partial charge in [0.1, 0.15) is 10.8 Å². The second-order valence-corrected chi connectivity index (χ2v) is 2.53. The normalized spacial score (nSPS) is 10.3. The lowest BCUT2D eigenvalue weighted by Crippen LogP contribution is -1.92. The van der Waals surface area contributed by atoms with Crippen molar-refractivity contribution in [1.82, 2.24) is 0 Å². The molecule has 1 aromatic rings. The molecule has 0 radical (unpaired) electrons. The van der Waals surface area contributed by atoms with Gasteiger partial charge in [0.15, 0.2) is 11.6 Å². The molecule has 0 fully saturated rings. The van der Waals surface area contributed by atoms with Crippen molar-refractivity contribution in [3.8, 4) is 5.75 Å². The van der Waals surface area contributed by atoms with Gasteiger partial charge >= 0.3 is 0 Å². The lowest BCUT2D eigenvalue weighted by Gasteiger charge is -2.04. The van der Waals surface area contributed by atoms with Crippen molar-refractivity contribution in [3.63, 3.8) is 0 Å². The predicted octanol–water partition coefficient (Wildman–Crippen LogP) is 1.82. The minimum absolute atomic E-state index is 0.140. The van der Waals surface area contributed by atoms with Crippen molar-refractivity contribution >= 4 is 11.6 Å². The van der Waals surface area contributed by atoms with Crippen LogP contribution in [0, 0.1) is 11.6 Å². The highest BCUT2D eigenvalue weighted by atomic mass is 35.5. The monoisotopic (exact) mass is 194 g/mol. The third-order valence-electron chi connectivity index (χ3n) is 1.39. The predicted molar refractivity (Wildman–Crippen MR) is 39.0 cm³/mol. The standard InChI is InChI=1S/C7H5ClF2O2/c8-5-6(10)4(9)1-3(2-11)7(5)12/h1,11-12H,2H2. The van der Waals surface area contributed by atoms with Crippen LogP contribution in [-0.2, 0) is 6.61 Å². The van der Waals surface area contributed by atoms with E-state index >= 15 is 0 Å². The zero-order valence-electron chi connectivity index (χ0n) is 5.81. The van der Waals surface area contributed by atoms with E-state index in [1.807, 2.05) is 0 Å². The molecule has 1 rings (SSSR count). The van der Waals surface area contributed by atoms with Gasteiger partial charge in [0.25, 0.3) is 0 Å². The zero-order chi connectivity index (χ0) is 9.30. The molecule has 1 aromatic carbocycles. The lowest BCUT2D eigenvalue weighted by atomic mass is 10.2. The Morgan fingerprint density at radius 1 is 1.42 bits per heavy atom. The van der Waals surface area contributed by atoms with E-state index < -0.39 is 29.0 Å². The van der Waals surface area contributed by atoms with Crippen LogP contribution in [-0.4, -0.2) is 10.2 Å². The van der Waals surface area contributed by atoms with Crippen LogP contribution >= 0.6 is 11.6 Å².